The maximum atomic E-state index is 12.7. The number of carbonyl (C=O) groups excluding carboxylic acids is 3. The third-order valence-electron chi connectivity index (χ3n) is 5.62. The topological polar surface area (TPSA) is 98.3 Å². The number of hydrogen-bond donors (Lipinski definition) is 0. The molecule has 0 bridgehead atoms. The zero-order chi connectivity index (χ0) is 19.1. The number of piperazine rings is 1. The maximum absolute atomic E-state index is 12.7. The van der Waals surface area contributed by atoms with Gasteiger partial charge in [0, 0.05) is 32.2 Å². The summed E-state index contributed by atoms with van der Waals surface area (Å²) in [5.74, 6) is -1.32. The quantitative estimate of drug-likeness (QED) is 0.494. The molecule has 26 heavy (non-hydrogen) atoms. The molecule has 3 fully saturated rings. The van der Waals surface area contributed by atoms with Gasteiger partial charge in [0.15, 0.2) is 0 Å². The van der Waals surface area contributed by atoms with Crippen molar-refractivity contribution in [3.63, 3.8) is 0 Å². The number of amides is 4. The lowest BCUT2D eigenvalue weighted by Crippen LogP contribution is -2.52. The number of carbonyl (C=O) groups is 3. The van der Waals surface area contributed by atoms with Gasteiger partial charge in [-0.2, -0.15) is 4.31 Å². The van der Waals surface area contributed by atoms with Crippen LogP contribution < -0.4 is 0 Å². The number of imide groups is 2. The molecule has 0 aromatic heterocycles. The van der Waals surface area contributed by atoms with Gasteiger partial charge >= 0.3 is 17.8 Å². The molecule has 9 nitrogen and oxygen atoms in total. The second-order valence-corrected chi connectivity index (χ2v) is 9.42. The summed E-state index contributed by atoms with van der Waals surface area (Å²) < 4.78 is 24.5. The van der Waals surface area contributed by atoms with Crippen molar-refractivity contribution < 1.29 is 22.8 Å². The molecule has 2 atom stereocenters. The Labute approximate surface area is 153 Å². The lowest BCUT2D eigenvalue weighted by Gasteiger charge is -2.36. The lowest BCUT2D eigenvalue weighted by atomic mass is 9.85. The normalized spacial score (nSPS) is 29.7. The third-order valence-corrected chi connectivity index (χ3v) is 6.93. The van der Waals surface area contributed by atoms with Gasteiger partial charge in [0.05, 0.1) is 12.9 Å². The van der Waals surface area contributed by atoms with Gasteiger partial charge in [0.25, 0.3) is 0 Å². The monoisotopic (exact) mass is 386 g/mol. The van der Waals surface area contributed by atoms with Crippen molar-refractivity contribution in [2.24, 2.45) is 5.92 Å². The fourth-order valence-electron chi connectivity index (χ4n) is 4.02. The minimum absolute atomic E-state index is 0.0264. The van der Waals surface area contributed by atoms with Gasteiger partial charge in [-0.05, 0) is 18.8 Å². The molecule has 1 saturated carbocycles. The van der Waals surface area contributed by atoms with E-state index in [1.165, 1.54) is 4.31 Å². The summed E-state index contributed by atoms with van der Waals surface area (Å²) in [5, 5.41) is 0. The average molecular weight is 386 g/mol. The molecular weight excluding hydrogens is 360 g/mol. The third kappa shape index (κ3) is 3.63. The van der Waals surface area contributed by atoms with Crippen LogP contribution in [-0.2, 0) is 19.6 Å². The molecule has 2 saturated heterocycles. The van der Waals surface area contributed by atoms with Gasteiger partial charge in [0.1, 0.15) is 0 Å². The van der Waals surface area contributed by atoms with Crippen LogP contribution >= 0.6 is 0 Å². The van der Waals surface area contributed by atoms with Crippen molar-refractivity contribution >= 4 is 27.9 Å². The number of hydrogen-bond acceptors (Lipinski definition) is 6. The van der Waals surface area contributed by atoms with E-state index in [0.717, 1.165) is 41.7 Å². The molecule has 2 heterocycles. The van der Waals surface area contributed by atoms with Crippen LogP contribution in [0.3, 0.4) is 0 Å². The predicted octanol–water partition coefficient (Wildman–Crippen LogP) is -0.109. The standard InChI is InChI=1S/C16H26N4O5S/c1-12-5-3-4-6-13(12)20-15(22)14(21)19(16(20)23)11-17-7-9-18(10-8-17)26(2,24)25/h12-13H,3-11H2,1-2H3/t12-,13+/m1/s1. The average Bonchev–Trinajstić information content (AvgIpc) is 2.79. The van der Waals surface area contributed by atoms with Crippen molar-refractivity contribution in [3.8, 4) is 0 Å². The molecule has 0 spiro atoms. The molecule has 2 aliphatic heterocycles. The zero-order valence-electron chi connectivity index (χ0n) is 15.3. The van der Waals surface area contributed by atoms with Crippen molar-refractivity contribution in [2.45, 2.75) is 38.6 Å². The van der Waals surface area contributed by atoms with Crippen LogP contribution in [0.15, 0.2) is 0 Å². The number of sulfonamides is 1. The molecule has 146 valence electrons. The second kappa shape index (κ2) is 7.24. The maximum Gasteiger partial charge on any atom is 0.335 e. The molecule has 0 radical (unpaired) electrons. The fraction of sp³-hybridized carbons (Fsp3) is 0.812. The van der Waals surface area contributed by atoms with E-state index in [9.17, 15) is 22.8 Å². The summed E-state index contributed by atoms with van der Waals surface area (Å²) in [4.78, 5) is 41.5. The van der Waals surface area contributed by atoms with Crippen molar-refractivity contribution in [1.29, 1.82) is 0 Å². The van der Waals surface area contributed by atoms with E-state index < -0.39 is 27.9 Å². The van der Waals surface area contributed by atoms with Crippen LogP contribution in [0.25, 0.3) is 0 Å². The van der Waals surface area contributed by atoms with Gasteiger partial charge in [-0.25, -0.2) is 18.1 Å². The van der Waals surface area contributed by atoms with Crippen LogP contribution in [-0.4, -0.2) is 90.4 Å². The van der Waals surface area contributed by atoms with Gasteiger partial charge in [-0.1, -0.05) is 19.8 Å². The molecule has 0 unspecified atom stereocenters. The van der Waals surface area contributed by atoms with Crippen LogP contribution in [0.5, 0.6) is 0 Å². The summed E-state index contributed by atoms with van der Waals surface area (Å²) in [5.41, 5.74) is 0. The largest absolute Gasteiger partial charge is 0.335 e. The number of rotatable bonds is 4. The van der Waals surface area contributed by atoms with Crippen LogP contribution in [0.1, 0.15) is 32.6 Å². The molecular formula is C16H26N4O5S. The van der Waals surface area contributed by atoms with Crippen molar-refractivity contribution in [1.82, 2.24) is 19.0 Å². The second-order valence-electron chi connectivity index (χ2n) is 7.44. The van der Waals surface area contributed by atoms with Gasteiger partial charge in [-0.3, -0.25) is 19.4 Å². The number of nitrogens with zero attached hydrogens (tertiary/aromatic N) is 4. The van der Waals surface area contributed by atoms with E-state index in [0.29, 0.717) is 26.2 Å². The first-order chi connectivity index (χ1) is 12.2. The minimum atomic E-state index is -3.24. The van der Waals surface area contributed by atoms with Crippen LogP contribution in [0.2, 0.25) is 0 Å². The highest BCUT2D eigenvalue weighted by molar-refractivity contribution is 7.88. The fourth-order valence-corrected chi connectivity index (χ4v) is 4.85. The van der Waals surface area contributed by atoms with Crippen molar-refractivity contribution in [3.05, 3.63) is 0 Å². The Balaban J connectivity index is 1.65. The molecule has 0 N–H and O–H groups in total. The zero-order valence-corrected chi connectivity index (χ0v) is 16.1. The first-order valence-corrected chi connectivity index (χ1v) is 10.9. The van der Waals surface area contributed by atoms with Crippen LogP contribution in [0, 0.1) is 5.92 Å². The molecule has 4 amide bonds. The highest BCUT2D eigenvalue weighted by Gasteiger charge is 2.49. The Bertz CT molecular complexity index is 701. The Morgan fingerprint density at radius 2 is 1.58 bits per heavy atom. The summed E-state index contributed by atoms with van der Waals surface area (Å²) >= 11 is 0. The molecule has 3 rings (SSSR count). The minimum Gasteiger partial charge on any atom is -0.283 e. The highest BCUT2D eigenvalue weighted by Crippen LogP contribution is 2.31. The Kier molecular flexibility index (Phi) is 5.36. The van der Waals surface area contributed by atoms with E-state index in [4.69, 9.17) is 0 Å². The summed E-state index contributed by atoms with van der Waals surface area (Å²) in [7, 11) is -3.24. The Morgan fingerprint density at radius 3 is 2.15 bits per heavy atom. The van der Waals surface area contributed by atoms with E-state index in [-0.39, 0.29) is 18.6 Å². The van der Waals surface area contributed by atoms with Crippen molar-refractivity contribution in [2.75, 3.05) is 39.1 Å². The molecule has 0 aromatic rings. The van der Waals surface area contributed by atoms with Gasteiger partial charge < -0.3 is 0 Å². The molecule has 10 heteroatoms. The van der Waals surface area contributed by atoms with E-state index in [1.807, 2.05) is 11.8 Å². The first-order valence-electron chi connectivity index (χ1n) is 9.06. The predicted molar refractivity (Wildman–Crippen MR) is 93.4 cm³/mol. The molecule has 3 aliphatic rings. The Morgan fingerprint density at radius 1 is 0.962 bits per heavy atom. The van der Waals surface area contributed by atoms with Gasteiger partial charge in [-0.15, -0.1) is 0 Å². The van der Waals surface area contributed by atoms with E-state index in [2.05, 4.69) is 0 Å². The van der Waals surface area contributed by atoms with Crippen LogP contribution in [0.4, 0.5) is 4.79 Å². The van der Waals surface area contributed by atoms with Gasteiger partial charge in [0.2, 0.25) is 10.0 Å². The SMILES string of the molecule is C[C@@H]1CCCC[C@@H]1N1C(=O)C(=O)N(CN2CCN(S(C)(=O)=O)CC2)C1=O. The summed E-state index contributed by atoms with van der Waals surface area (Å²) in [6.45, 7) is 3.50. The molecule has 0 aromatic carbocycles. The Hall–Kier alpha value is -1.52. The number of urea groups is 1. The molecule has 1 aliphatic carbocycles. The summed E-state index contributed by atoms with van der Waals surface area (Å²) in [6, 6.07) is -0.746. The summed E-state index contributed by atoms with van der Waals surface area (Å²) in [6.07, 6.45) is 4.89. The smallest absolute Gasteiger partial charge is 0.283 e. The highest BCUT2D eigenvalue weighted by atomic mass is 32.2. The first kappa shape index (κ1) is 19.2. The lowest BCUT2D eigenvalue weighted by molar-refractivity contribution is -0.145. The van der Waals surface area contributed by atoms with E-state index >= 15 is 0 Å². The van der Waals surface area contributed by atoms with E-state index in [1.54, 1.807) is 0 Å².